The van der Waals surface area contributed by atoms with Gasteiger partial charge in [0.25, 0.3) is 10.1 Å². The van der Waals surface area contributed by atoms with Crippen molar-refractivity contribution < 1.29 is 13.0 Å². The van der Waals surface area contributed by atoms with E-state index in [0.29, 0.717) is 17.1 Å². The first-order valence-electron chi connectivity index (χ1n) is 8.19. The van der Waals surface area contributed by atoms with Crippen molar-refractivity contribution in [3.63, 3.8) is 0 Å². The molecule has 8 nitrogen and oxygen atoms in total. The minimum absolute atomic E-state index is 0.0163. The van der Waals surface area contributed by atoms with Crippen molar-refractivity contribution in [2.45, 2.75) is 11.8 Å². The summed E-state index contributed by atoms with van der Waals surface area (Å²) in [5.74, 6) is 0. The van der Waals surface area contributed by atoms with Crippen LogP contribution in [0, 0.1) is 6.92 Å². The number of rotatable bonds is 5. The van der Waals surface area contributed by atoms with E-state index in [0.717, 1.165) is 5.56 Å². The number of nitrogen functional groups attached to an aromatic ring is 1. The molecular formula is C19H17N5O3S. The van der Waals surface area contributed by atoms with Gasteiger partial charge in [-0.25, -0.2) is 0 Å². The summed E-state index contributed by atoms with van der Waals surface area (Å²) in [6, 6.07) is 18.2. The smallest absolute Gasteiger partial charge is 0.296 e. The SMILES string of the molecule is Cc1cc(N)ccc1N=Nc1ccc(N=Nc2ccccc2)cc1S(=O)(=O)O. The molecule has 0 saturated carbocycles. The Morgan fingerprint density at radius 1 is 0.786 bits per heavy atom. The molecule has 9 heteroatoms. The summed E-state index contributed by atoms with van der Waals surface area (Å²) in [4.78, 5) is -0.408. The molecular weight excluding hydrogens is 378 g/mol. The van der Waals surface area contributed by atoms with Gasteiger partial charge in [0, 0.05) is 5.69 Å². The molecule has 0 amide bonds. The summed E-state index contributed by atoms with van der Waals surface area (Å²) in [5.41, 5.74) is 8.44. The van der Waals surface area contributed by atoms with Crippen molar-refractivity contribution >= 4 is 38.6 Å². The average molecular weight is 395 g/mol. The average Bonchev–Trinajstić information content (AvgIpc) is 2.66. The number of nitrogens with two attached hydrogens (primary N) is 1. The molecule has 0 aliphatic heterocycles. The van der Waals surface area contributed by atoms with Crippen LogP contribution >= 0.6 is 0 Å². The Morgan fingerprint density at radius 2 is 1.43 bits per heavy atom. The van der Waals surface area contributed by atoms with Crippen LogP contribution in [-0.4, -0.2) is 13.0 Å². The number of aryl methyl sites for hydroxylation is 1. The van der Waals surface area contributed by atoms with Crippen LogP contribution in [0.2, 0.25) is 0 Å². The van der Waals surface area contributed by atoms with E-state index in [9.17, 15) is 13.0 Å². The van der Waals surface area contributed by atoms with E-state index in [1.807, 2.05) is 13.0 Å². The second kappa shape index (κ2) is 8.07. The molecule has 3 aromatic rings. The molecule has 0 radical (unpaired) electrons. The highest BCUT2D eigenvalue weighted by Crippen LogP contribution is 2.32. The zero-order valence-corrected chi connectivity index (χ0v) is 15.7. The Labute approximate surface area is 162 Å². The Morgan fingerprint density at radius 3 is 2.11 bits per heavy atom. The van der Waals surface area contributed by atoms with Crippen LogP contribution in [-0.2, 0) is 10.1 Å². The Hall–Kier alpha value is -3.43. The molecule has 3 N–H and O–H groups in total. The van der Waals surface area contributed by atoms with Crippen molar-refractivity contribution in [1.29, 1.82) is 0 Å². The zero-order chi connectivity index (χ0) is 20.1. The predicted octanol–water partition coefficient (Wildman–Crippen LogP) is 5.65. The van der Waals surface area contributed by atoms with Gasteiger partial charge in [0.2, 0.25) is 0 Å². The van der Waals surface area contributed by atoms with Gasteiger partial charge in [-0.1, -0.05) is 18.2 Å². The van der Waals surface area contributed by atoms with E-state index >= 15 is 0 Å². The monoisotopic (exact) mass is 395 g/mol. The quantitative estimate of drug-likeness (QED) is 0.328. The standard InChI is InChI=1S/C19H17N5O3S/c1-13-11-14(20)7-9-17(13)23-24-18-10-8-16(12-19(18)28(25,26)27)22-21-15-5-3-2-4-6-15/h2-12H,20H2,1H3,(H,25,26,27). The molecule has 0 aromatic heterocycles. The van der Waals surface area contributed by atoms with Gasteiger partial charge < -0.3 is 5.73 Å². The molecule has 28 heavy (non-hydrogen) atoms. The van der Waals surface area contributed by atoms with Gasteiger partial charge in [-0.2, -0.15) is 23.8 Å². The van der Waals surface area contributed by atoms with Crippen LogP contribution in [0.5, 0.6) is 0 Å². The number of hydrogen-bond donors (Lipinski definition) is 2. The van der Waals surface area contributed by atoms with Crippen molar-refractivity contribution in [3.8, 4) is 0 Å². The summed E-state index contributed by atoms with van der Waals surface area (Å²) < 4.78 is 33.1. The van der Waals surface area contributed by atoms with Gasteiger partial charge in [0.05, 0.1) is 17.1 Å². The molecule has 0 heterocycles. The molecule has 0 aliphatic carbocycles. The lowest BCUT2D eigenvalue weighted by Crippen LogP contribution is -1.98. The maximum atomic E-state index is 11.8. The van der Waals surface area contributed by atoms with Crippen LogP contribution in [0.25, 0.3) is 0 Å². The first kappa shape index (κ1) is 19.3. The fourth-order valence-corrected chi connectivity index (χ4v) is 3.01. The van der Waals surface area contributed by atoms with Crippen LogP contribution < -0.4 is 5.73 Å². The number of benzene rings is 3. The van der Waals surface area contributed by atoms with Gasteiger partial charge in [0.1, 0.15) is 10.6 Å². The molecule has 3 aromatic carbocycles. The topological polar surface area (TPSA) is 130 Å². The molecule has 0 spiro atoms. The van der Waals surface area contributed by atoms with Gasteiger partial charge in [0.15, 0.2) is 0 Å². The highest BCUT2D eigenvalue weighted by molar-refractivity contribution is 7.86. The van der Waals surface area contributed by atoms with Crippen molar-refractivity contribution in [2.24, 2.45) is 20.5 Å². The lowest BCUT2D eigenvalue weighted by Gasteiger charge is -2.04. The number of azo groups is 2. The van der Waals surface area contributed by atoms with E-state index in [1.165, 1.54) is 18.2 Å². The second-order valence-electron chi connectivity index (χ2n) is 5.91. The summed E-state index contributed by atoms with van der Waals surface area (Å²) in [7, 11) is -4.54. The zero-order valence-electron chi connectivity index (χ0n) is 14.9. The lowest BCUT2D eigenvalue weighted by molar-refractivity contribution is 0.483. The maximum Gasteiger partial charge on any atom is 0.296 e. The molecule has 0 fully saturated rings. The predicted molar refractivity (Wildman–Crippen MR) is 107 cm³/mol. The third kappa shape index (κ3) is 4.84. The summed E-state index contributed by atoms with van der Waals surface area (Å²) in [6.07, 6.45) is 0. The maximum absolute atomic E-state index is 11.8. The van der Waals surface area contributed by atoms with Crippen LogP contribution in [0.3, 0.4) is 0 Å². The van der Waals surface area contributed by atoms with Crippen molar-refractivity contribution in [3.05, 3.63) is 72.3 Å². The first-order chi connectivity index (χ1) is 13.3. The summed E-state index contributed by atoms with van der Waals surface area (Å²) >= 11 is 0. The minimum atomic E-state index is -4.54. The van der Waals surface area contributed by atoms with Gasteiger partial charge in [-0.3, -0.25) is 4.55 Å². The molecule has 142 valence electrons. The first-order valence-corrected chi connectivity index (χ1v) is 9.63. The third-order valence-electron chi connectivity index (χ3n) is 3.74. The van der Waals surface area contributed by atoms with Gasteiger partial charge in [-0.05, 0) is 61.0 Å². The molecule has 0 atom stereocenters. The largest absolute Gasteiger partial charge is 0.399 e. The van der Waals surface area contributed by atoms with E-state index in [-0.39, 0.29) is 11.4 Å². The molecule has 0 aliphatic rings. The van der Waals surface area contributed by atoms with Crippen molar-refractivity contribution in [2.75, 3.05) is 5.73 Å². The van der Waals surface area contributed by atoms with Crippen LogP contribution in [0.15, 0.2) is 92.1 Å². The fourth-order valence-electron chi connectivity index (χ4n) is 2.36. The lowest BCUT2D eigenvalue weighted by atomic mass is 10.2. The number of nitrogens with zero attached hydrogens (tertiary/aromatic N) is 4. The number of anilines is 1. The van der Waals surface area contributed by atoms with Crippen LogP contribution in [0.1, 0.15) is 5.56 Å². The normalized spacial score (nSPS) is 12.1. The van der Waals surface area contributed by atoms with E-state index in [1.54, 1.807) is 42.5 Å². The second-order valence-corrected chi connectivity index (χ2v) is 7.30. The van der Waals surface area contributed by atoms with Gasteiger partial charge >= 0.3 is 0 Å². The Bertz CT molecular complexity index is 1160. The van der Waals surface area contributed by atoms with E-state index in [2.05, 4.69) is 20.5 Å². The Kier molecular flexibility index (Phi) is 5.57. The van der Waals surface area contributed by atoms with E-state index in [4.69, 9.17) is 5.73 Å². The minimum Gasteiger partial charge on any atom is -0.399 e. The van der Waals surface area contributed by atoms with Crippen LogP contribution in [0.4, 0.5) is 28.4 Å². The molecule has 3 rings (SSSR count). The summed E-state index contributed by atoms with van der Waals surface area (Å²) in [6.45, 7) is 1.81. The highest BCUT2D eigenvalue weighted by Gasteiger charge is 2.16. The third-order valence-corrected chi connectivity index (χ3v) is 4.63. The Balaban J connectivity index is 1.95. The van der Waals surface area contributed by atoms with E-state index < -0.39 is 15.0 Å². The molecule has 0 bridgehead atoms. The summed E-state index contributed by atoms with van der Waals surface area (Å²) in [5, 5.41) is 16.0. The van der Waals surface area contributed by atoms with Gasteiger partial charge in [-0.15, -0.1) is 5.11 Å². The molecule has 0 unspecified atom stereocenters. The number of hydrogen-bond acceptors (Lipinski definition) is 7. The molecule has 0 saturated heterocycles. The van der Waals surface area contributed by atoms with Crippen molar-refractivity contribution in [1.82, 2.24) is 0 Å². The fraction of sp³-hybridized carbons (Fsp3) is 0.0526. The highest BCUT2D eigenvalue weighted by atomic mass is 32.2.